The van der Waals surface area contributed by atoms with Crippen LogP contribution >= 0.6 is 11.3 Å². The van der Waals surface area contributed by atoms with Gasteiger partial charge >= 0.3 is 17.0 Å². The predicted molar refractivity (Wildman–Crippen MR) is 68.5 cm³/mol. The van der Waals surface area contributed by atoms with Crippen molar-refractivity contribution in [2.24, 2.45) is 0 Å². The van der Waals surface area contributed by atoms with Crippen molar-refractivity contribution in [1.29, 1.82) is 0 Å². The second-order valence-corrected chi connectivity index (χ2v) is 4.76. The molecule has 0 atom stereocenters. The lowest BCUT2D eigenvalue weighted by Crippen LogP contribution is -2.14. The number of alkyl halides is 3. The van der Waals surface area contributed by atoms with Crippen LogP contribution in [-0.2, 0) is 12.7 Å². The van der Waals surface area contributed by atoms with Crippen molar-refractivity contribution in [1.82, 2.24) is 9.97 Å². The average Bonchev–Trinajstić information content (AvgIpc) is 2.80. The monoisotopic (exact) mass is 319 g/mol. The highest BCUT2D eigenvalue weighted by molar-refractivity contribution is 7.07. The van der Waals surface area contributed by atoms with E-state index in [0.29, 0.717) is 11.8 Å². The average molecular weight is 319 g/mol. The van der Waals surface area contributed by atoms with E-state index >= 15 is 0 Å². The van der Waals surface area contributed by atoms with E-state index < -0.39 is 23.7 Å². The van der Waals surface area contributed by atoms with E-state index in [4.69, 9.17) is 5.11 Å². The van der Waals surface area contributed by atoms with Gasteiger partial charge in [-0.05, 0) is 12.1 Å². The minimum Gasteiger partial charge on any atom is -0.478 e. The topological polar surface area (TPSA) is 95.1 Å². The van der Waals surface area contributed by atoms with E-state index in [0.717, 1.165) is 17.4 Å². The van der Waals surface area contributed by atoms with Crippen molar-refractivity contribution in [3.8, 4) is 0 Å². The Morgan fingerprint density at radius 1 is 1.43 bits per heavy atom. The standard InChI is InChI=1S/C11H8F3N3O3S/c12-11(13,14)7-2-1-6(9(18)19)8(17-7)15-3-5-4-21-10(20)16-5/h1-2,4H,3H2,(H,15,17)(H,16,20)(H,18,19). The van der Waals surface area contributed by atoms with Gasteiger partial charge in [0.2, 0.25) is 0 Å². The van der Waals surface area contributed by atoms with Gasteiger partial charge in [-0.15, -0.1) is 0 Å². The largest absolute Gasteiger partial charge is 0.478 e. The molecular weight excluding hydrogens is 311 g/mol. The molecule has 3 N–H and O–H groups in total. The molecule has 0 saturated carbocycles. The second kappa shape index (κ2) is 5.56. The highest BCUT2D eigenvalue weighted by atomic mass is 32.1. The van der Waals surface area contributed by atoms with Gasteiger partial charge in [-0.25, -0.2) is 9.78 Å². The number of pyridine rings is 1. The Labute approximate surface area is 119 Å². The molecule has 112 valence electrons. The number of aromatic carboxylic acids is 1. The number of nitrogens with one attached hydrogen (secondary N) is 2. The van der Waals surface area contributed by atoms with Gasteiger partial charge in [0.05, 0.1) is 6.54 Å². The van der Waals surface area contributed by atoms with E-state index in [1.807, 2.05) is 0 Å². The van der Waals surface area contributed by atoms with Crippen LogP contribution in [0.4, 0.5) is 19.0 Å². The molecule has 0 fully saturated rings. The number of hydrogen-bond acceptors (Lipinski definition) is 5. The molecule has 6 nitrogen and oxygen atoms in total. The number of nitrogens with zero attached hydrogens (tertiary/aromatic N) is 1. The zero-order chi connectivity index (χ0) is 15.6. The van der Waals surface area contributed by atoms with Crippen molar-refractivity contribution < 1.29 is 23.1 Å². The highest BCUT2D eigenvalue weighted by Gasteiger charge is 2.33. The van der Waals surface area contributed by atoms with Crippen LogP contribution < -0.4 is 10.2 Å². The lowest BCUT2D eigenvalue weighted by Gasteiger charge is -2.11. The molecule has 2 aromatic heterocycles. The summed E-state index contributed by atoms with van der Waals surface area (Å²) in [5.41, 5.74) is -1.17. The van der Waals surface area contributed by atoms with Crippen LogP contribution in [-0.4, -0.2) is 21.0 Å². The van der Waals surface area contributed by atoms with E-state index in [-0.39, 0.29) is 17.0 Å². The molecule has 0 saturated heterocycles. The molecule has 0 amide bonds. The van der Waals surface area contributed by atoms with Crippen LogP contribution in [0, 0.1) is 0 Å². The fraction of sp³-hybridized carbons (Fsp3) is 0.182. The molecule has 0 spiro atoms. The Bertz CT molecular complexity index is 723. The minimum absolute atomic E-state index is 0.0483. The third-order valence-corrected chi connectivity index (χ3v) is 3.15. The molecule has 0 aliphatic rings. The predicted octanol–water partition coefficient (Wildman–Crippen LogP) is 2.16. The first-order chi connectivity index (χ1) is 9.77. The van der Waals surface area contributed by atoms with Crippen LogP contribution in [0.2, 0.25) is 0 Å². The molecule has 21 heavy (non-hydrogen) atoms. The quantitative estimate of drug-likeness (QED) is 0.803. The number of carbonyl (C=O) groups is 1. The zero-order valence-electron chi connectivity index (χ0n) is 10.2. The summed E-state index contributed by atoms with van der Waals surface area (Å²) in [7, 11) is 0. The molecule has 0 radical (unpaired) electrons. The summed E-state index contributed by atoms with van der Waals surface area (Å²) in [6.45, 7) is -0.0483. The van der Waals surface area contributed by atoms with Gasteiger partial charge in [0, 0.05) is 11.1 Å². The fourth-order valence-electron chi connectivity index (χ4n) is 1.50. The summed E-state index contributed by atoms with van der Waals surface area (Å²) < 4.78 is 37.8. The number of carboxylic acids is 1. The normalized spacial score (nSPS) is 11.4. The first-order valence-corrected chi connectivity index (χ1v) is 6.37. The maximum absolute atomic E-state index is 12.6. The van der Waals surface area contributed by atoms with Crippen LogP contribution in [0.25, 0.3) is 0 Å². The van der Waals surface area contributed by atoms with Gasteiger partial charge in [-0.1, -0.05) is 11.3 Å². The van der Waals surface area contributed by atoms with Gasteiger partial charge in [0.1, 0.15) is 17.1 Å². The molecule has 2 rings (SSSR count). The Kier molecular flexibility index (Phi) is 3.98. The Balaban J connectivity index is 2.30. The number of hydrogen-bond donors (Lipinski definition) is 3. The Hall–Kier alpha value is -2.36. The number of aromatic nitrogens is 2. The van der Waals surface area contributed by atoms with E-state index in [1.165, 1.54) is 5.38 Å². The minimum atomic E-state index is -4.68. The number of anilines is 1. The van der Waals surface area contributed by atoms with Crippen molar-refractivity contribution in [2.75, 3.05) is 5.32 Å². The van der Waals surface area contributed by atoms with Crippen molar-refractivity contribution in [3.05, 3.63) is 44.1 Å². The van der Waals surface area contributed by atoms with Crippen molar-refractivity contribution in [3.63, 3.8) is 0 Å². The molecule has 10 heteroatoms. The summed E-state index contributed by atoms with van der Waals surface area (Å²) >= 11 is 0.890. The molecule has 2 aromatic rings. The summed E-state index contributed by atoms with van der Waals surface area (Å²) in [5, 5.41) is 12.9. The van der Waals surface area contributed by atoms with Crippen LogP contribution in [0.1, 0.15) is 21.7 Å². The maximum atomic E-state index is 12.6. The van der Waals surface area contributed by atoms with E-state index in [9.17, 15) is 22.8 Å². The first-order valence-electron chi connectivity index (χ1n) is 5.49. The van der Waals surface area contributed by atoms with Crippen LogP contribution in [0.5, 0.6) is 0 Å². The summed E-state index contributed by atoms with van der Waals surface area (Å²) in [6.07, 6.45) is -4.68. The molecule has 2 heterocycles. The SMILES string of the molecule is O=C(O)c1ccc(C(F)(F)F)nc1NCc1csc(=O)[nH]1. The molecule has 0 aromatic carbocycles. The number of aromatic amines is 1. The molecule has 0 unspecified atom stereocenters. The molecule has 0 aliphatic heterocycles. The molecular formula is C11H8F3N3O3S. The lowest BCUT2D eigenvalue weighted by atomic mass is 10.2. The smallest absolute Gasteiger partial charge is 0.433 e. The molecule has 0 bridgehead atoms. The summed E-state index contributed by atoms with van der Waals surface area (Å²) in [6, 6.07) is 1.43. The molecule has 0 aliphatic carbocycles. The van der Waals surface area contributed by atoms with E-state index in [1.54, 1.807) is 0 Å². The highest BCUT2D eigenvalue weighted by Crippen LogP contribution is 2.29. The number of carboxylic acid groups (broad SMARTS) is 1. The fourth-order valence-corrected chi connectivity index (χ4v) is 2.09. The number of halogens is 3. The zero-order valence-corrected chi connectivity index (χ0v) is 11.0. The summed E-state index contributed by atoms with van der Waals surface area (Å²) in [4.78, 5) is 27.3. The first kappa shape index (κ1) is 15.0. The number of H-pyrrole nitrogens is 1. The van der Waals surface area contributed by atoms with Gasteiger partial charge in [-0.2, -0.15) is 13.2 Å². The van der Waals surface area contributed by atoms with Crippen LogP contribution in [0.15, 0.2) is 22.3 Å². The second-order valence-electron chi connectivity index (χ2n) is 3.92. The van der Waals surface area contributed by atoms with Crippen molar-refractivity contribution in [2.45, 2.75) is 12.7 Å². The number of thiazole rings is 1. The maximum Gasteiger partial charge on any atom is 0.433 e. The number of rotatable bonds is 4. The Morgan fingerprint density at radius 2 is 2.14 bits per heavy atom. The third kappa shape index (κ3) is 3.60. The van der Waals surface area contributed by atoms with Gasteiger partial charge in [0.25, 0.3) is 0 Å². The van der Waals surface area contributed by atoms with Crippen LogP contribution in [0.3, 0.4) is 0 Å². The summed E-state index contributed by atoms with van der Waals surface area (Å²) in [5.74, 6) is -1.82. The Morgan fingerprint density at radius 3 is 2.67 bits per heavy atom. The van der Waals surface area contributed by atoms with Crippen molar-refractivity contribution >= 4 is 23.1 Å². The van der Waals surface area contributed by atoms with E-state index in [2.05, 4.69) is 15.3 Å². The van der Waals surface area contributed by atoms with Gasteiger partial charge < -0.3 is 15.4 Å². The third-order valence-electron chi connectivity index (χ3n) is 2.43. The van der Waals surface area contributed by atoms with Gasteiger partial charge in [-0.3, -0.25) is 4.79 Å². The van der Waals surface area contributed by atoms with Gasteiger partial charge in [0.15, 0.2) is 0 Å². The lowest BCUT2D eigenvalue weighted by molar-refractivity contribution is -0.141.